The third kappa shape index (κ3) is 4.64. The van der Waals surface area contributed by atoms with Crippen molar-refractivity contribution in [2.24, 2.45) is 0 Å². The Kier molecular flexibility index (Phi) is 6.15. The van der Waals surface area contributed by atoms with Gasteiger partial charge in [-0.2, -0.15) is 0 Å². The van der Waals surface area contributed by atoms with Crippen LogP contribution < -0.4 is 4.74 Å². The van der Waals surface area contributed by atoms with Crippen LogP contribution >= 0.6 is 27.7 Å². The van der Waals surface area contributed by atoms with Gasteiger partial charge in [-0.15, -0.1) is 10.2 Å². The summed E-state index contributed by atoms with van der Waals surface area (Å²) in [7, 11) is 1.68. The van der Waals surface area contributed by atoms with Gasteiger partial charge >= 0.3 is 0 Å². The lowest BCUT2D eigenvalue weighted by atomic mass is 10.1. The molecule has 4 nitrogen and oxygen atoms in total. The second-order valence-electron chi connectivity index (χ2n) is 5.59. The molecule has 25 heavy (non-hydrogen) atoms. The Labute approximate surface area is 160 Å². The Hall–Kier alpha value is -1.79. The number of thioether (sulfide) groups is 1. The molecule has 0 atom stereocenters. The number of nitrogens with zero attached hydrogens (tertiary/aromatic N) is 3. The molecule has 0 aliphatic heterocycles. The number of hydrogen-bond acceptors (Lipinski definition) is 4. The fraction of sp³-hybridized carbons (Fsp3) is 0.263. The van der Waals surface area contributed by atoms with Gasteiger partial charge in [-0.3, -0.25) is 0 Å². The first-order chi connectivity index (χ1) is 12.2. The zero-order chi connectivity index (χ0) is 17.6. The molecule has 0 unspecified atom stereocenters. The molecule has 0 aliphatic carbocycles. The molecule has 0 bridgehead atoms. The van der Waals surface area contributed by atoms with Gasteiger partial charge in [0.1, 0.15) is 11.6 Å². The van der Waals surface area contributed by atoms with Crippen molar-refractivity contribution in [2.75, 3.05) is 7.11 Å². The summed E-state index contributed by atoms with van der Waals surface area (Å²) < 4.78 is 8.50. The minimum Gasteiger partial charge on any atom is -0.497 e. The monoisotopic (exact) mass is 417 g/mol. The second-order valence-corrected chi connectivity index (χ2v) is 7.44. The Morgan fingerprint density at radius 1 is 1.08 bits per heavy atom. The normalized spacial score (nSPS) is 10.8. The van der Waals surface area contributed by atoms with Gasteiger partial charge in [-0.05, 0) is 42.3 Å². The highest BCUT2D eigenvalue weighted by atomic mass is 79.9. The summed E-state index contributed by atoms with van der Waals surface area (Å²) >= 11 is 5.24. The molecule has 6 heteroatoms. The zero-order valence-electron chi connectivity index (χ0n) is 14.3. The highest BCUT2D eigenvalue weighted by Crippen LogP contribution is 2.24. The molecule has 0 fully saturated rings. The maximum Gasteiger partial charge on any atom is 0.191 e. The third-order valence-corrected chi connectivity index (χ3v) is 5.42. The lowest BCUT2D eigenvalue weighted by Gasteiger charge is -2.08. The van der Waals surface area contributed by atoms with Crippen molar-refractivity contribution in [3.8, 4) is 5.75 Å². The van der Waals surface area contributed by atoms with E-state index in [0.29, 0.717) is 0 Å². The molecule has 3 rings (SSSR count). The van der Waals surface area contributed by atoms with E-state index in [4.69, 9.17) is 4.74 Å². The zero-order valence-corrected chi connectivity index (χ0v) is 16.7. The summed E-state index contributed by atoms with van der Waals surface area (Å²) in [5.74, 6) is 2.73. The number of methoxy groups -OCH3 is 1. The van der Waals surface area contributed by atoms with Gasteiger partial charge in [0, 0.05) is 23.2 Å². The summed E-state index contributed by atoms with van der Waals surface area (Å²) in [4.78, 5) is 0. The van der Waals surface area contributed by atoms with Crippen molar-refractivity contribution >= 4 is 27.7 Å². The van der Waals surface area contributed by atoms with E-state index in [1.54, 1.807) is 18.9 Å². The van der Waals surface area contributed by atoms with Gasteiger partial charge in [0.25, 0.3) is 0 Å². The van der Waals surface area contributed by atoms with Crippen LogP contribution in [-0.4, -0.2) is 21.9 Å². The number of benzene rings is 2. The van der Waals surface area contributed by atoms with Gasteiger partial charge < -0.3 is 9.30 Å². The summed E-state index contributed by atoms with van der Waals surface area (Å²) in [5.41, 5.74) is 2.47. The van der Waals surface area contributed by atoms with Crippen molar-refractivity contribution < 1.29 is 4.74 Å². The van der Waals surface area contributed by atoms with Crippen molar-refractivity contribution in [2.45, 2.75) is 30.8 Å². The van der Waals surface area contributed by atoms with Crippen molar-refractivity contribution in [3.05, 3.63) is 70.0 Å². The van der Waals surface area contributed by atoms with E-state index in [1.807, 2.05) is 18.2 Å². The molecular weight excluding hydrogens is 398 g/mol. The molecule has 0 N–H and O–H groups in total. The third-order valence-electron chi connectivity index (χ3n) is 3.89. The lowest BCUT2D eigenvalue weighted by Crippen LogP contribution is -2.04. The molecule has 0 amide bonds. The smallest absolute Gasteiger partial charge is 0.191 e. The fourth-order valence-corrected chi connectivity index (χ4v) is 3.99. The van der Waals surface area contributed by atoms with Crippen molar-refractivity contribution in [1.29, 1.82) is 0 Å². The lowest BCUT2D eigenvalue weighted by molar-refractivity contribution is 0.414. The van der Waals surface area contributed by atoms with E-state index in [-0.39, 0.29) is 0 Å². The van der Waals surface area contributed by atoms with Crippen LogP contribution in [0.2, 0.25) is 0 Å². The molecule has 130 valence electrons. The summed E-state index contributed by atoms with van der Waals surface area (Å²) in [6.45, 7) is 2.99. The molecule has 1 heterocycles. The van der Waals surface area contributed by atoms with Crippen LogP contribution in [-0.2, 0) is 18.7 Å². The Morgan fingerprint density at radius 2 is 1.88 bits per heavy atom. The topological polar surface area (TPSA) is 39.9 Å². The molecule has 0 radical (unpaired) electrons. The number of halogens is 1. The molecule has 0 spiro atoms. The summed E-state index contributed by atoms with van der Waals surface area (Å²) in [6, 6.07) is 16.5. The van der Waals surface area contributed by atoms with E-state index in [9.17, 15) is 0 Å². The summed E-state index contributed by atoms with van der Waals surface area (Å²) in [5, 5.41) is 9.76. The van der Waals surface area contributed by atoms with Crippen LogP contribution in [0.3, 0.4) is 0 Å². The van der Waals surface area contributed by atoms with E-state index in [2.05, 4.69) is 67.9 Å². The highest BCUT2D eigenvalue weighted by Gasteiger charge is 2.12. The first kappa shape index (κ1) is 18.0. The average molecular weight is 418 g/mol. The van der Waals surface area contributed by atoms with Gasteiger partial charge in [0.15, 0.2) is 5.16 Å². The van der Waals surface area contributed by atoms with Crippen LogP contribution in [0.1, 0.15) is 23.9 Å². The average Bonchev–Trinajstić information content (AvgIpc) is 3.02. The van der Waals surface area contributed by atoms with Crippen LogP contribution in [0.4, 0.5) is 0 Å². The van der Waals surface area contributed by atoms with Crippen LogP contribution in [0.25, 0.3) is 0 Å². The van der Waals surface area contributed by atoms with Crippen LogP contribution in [0, 0.1) is 0 Å². The standard InChI is InChI=1S/C19H20BrN3OS/c1-3-23-18(12-14-7-9-17(24-2)10-8-14)21-22-19(23)25-13-15-5-4-6-16(20)11-15/h4-11H,3,12-13H2,1-2H3. The van der Waals surface area contributed by atoms with Crippen molar-refractivity contribution in [1.82, 2.24) is 14.8 Å². The van der Waals surface area contributed by atoms with E-state index >= 15 is 0 Å². The van der Waals surface area contributed by atoms with Crippen molar-refractivity contribution in [3.63, 3.8) is 0 Å². The van der Waals surface area contributed by atoms with E-state index in [0.717, 1.165) is 39.9 Å². The Morgan fingerprint density at radius 3 is 2.56 bits per heavy atom. The number of ether oxygens (including phenoxy) is 1. The van der Waals surface area contributed by atoms with Crippen LogP contribution in [0.5, 0.6) is 5.75 Å². The molecule has 2 aromatic carbocycles. The molecular formula is C19H20BrN3OS. The van der Waals surface area contributed by atoms with Gasteiger partial charge in [0.2, 0.25) is 0 Å². The van der Waals surface area contributed by atoms with E-state index < -0.39 is 0 Å². The molecule has 0 aliphatic rings. The SMILES string of the molecule is CCn1c(Cc2ccc(OC)cc2)nnc1SCc1cccc(Br)c1. The number of aromatic nitrogens is 3. The minimum atomic E-state index is 0.766. The Balaban J connectivity index is 1.71. The maximum absolute atomic E-state index is 5.21. The van der Waals surface area contributed by atoms with Crippen LogP contribution in [0.15, 0.2) is 58.2 Å². The quantitative estimate of drug-likeness (QED) is 0.509. The minimum absolute atomic E-state index is 0.766. The van der Waals surface area contributed by atoms with E-state index in [1.165, 1.54) is 11.1 Å². The number of hydrogen-bond donors (Lipinski definition) is 0. The van der Waals surface area contributed by atoms with Gasteiger partial charge in [-0.25, -0.2) is 0 Å². The first-order valence-corrected chi connectivity index (χ1v) is 9.89. The molecule has 3 aromatic rings. The molecule has 0 saturated carbocycles. The van der Waals surface area contributed by atoms with Gasteiger partial charge in [0.05, 0.1) is 7.11 Å². The fourth-order valence-electron chi connectivity index (χ4n) is 2.57. The maximum atomic E-state index is 5.21. The highest BCUT2D eigenvalue weighted by molar-refractivity contribution is 9.10. The summed E-state index contributed by atoms with van der Waals surface area (Å²) in [6.07, 6.45) is 0.766. The Bertz CT molecular complexity index is 833. The second kappa shape index (κ2) is 8.54. The largest absolute Gasteiger partial charge is 0.497 e. The predicted molar refractivity (Wildman–Crippen MR) is 105 cm³/mol. The first-order valence-electron chi connectivity index (χ1n) is 8.12. The predicted octanol–water partition coefficient (Wildman–Crippen LogP) is 4.95. The molecule has 0 saturated heterocycles. The number of rotatable bonds is 7. The molecule has 1 aromatic heterocycles. The van der Waals surface area contributed by atoms with Gasteiger partial charge in [-0.1, -0.05) is 52.0 Å².